The maximum atomic E-state index is 11.5. The number of likely N-dealkylation sites (N-methyl/N-ethyl adjacent to an activating group) is 1. The number of rotatable bonds is 9. The number of nitrogens with zero attached hydrogens (tertiary/aromatic N) is 2. The summed E-state index contributed by atoms with van der Waals surface area (Å²) in [4.78, 5) is 38.6. The van der Waals surface area contributed by atoms with Crippen LogP contribution in [-0.2, 0) is 11.3 Å². The van der Waals surface area contributed by atoms with Gasteiger partial charge in [0.05, 0.1) is 23.3 Å². The lowest BCUT2D eigenvalue weighted by atomic mass is 10.2. The topological polar surface area (TPSA) is 129 Å². The molecule has 180 valence electrons. The van der Waals surface area contributed by atoms with Crippen molar-refractivity contribution in [3.05, 3.63) is 29.6 Å². The summed E-state index contributed by atoms with van der Waals surface area (Å²) in [7, 11) is 0. The minimum atomic E-state index is -0.219. The molecule has 4 amide bonds. The number of fused-ring (bicyclic) bond motifs is 1. The molecule has 2 fully saturated rings. The van der Waals surface area contributed by atoms with Gasteiger partial charge in [0, 0.05) is 43.9 Å². The van der Waals surface area contributed by atoms with E-state index in [0.29, 0.717) is 43.7 Å². The van der Waals surface area contributed by atoms with E-state index in [0.717, 1.165) is 23.7 Å². The standard InChI is InChI=1S/C10H14N4O2.C7H12N2OS.C5H12/c11-5-9-2-1-8(6-14-9)10(16)13-4-3-12-7-15;1-2-9-6-4-11-3-5(6)8-7(9)10;1-3-5-4-2/h1-2,6-7H,3-5,11H2,(H,12,15)(H,13,16);5-6H,2-4H2,1H3,(H,8,10);3-5H2,1-2H3. The van der Waals surface area contributed by atoms with Gasteiger partial charge in [-0.15, -0.1) is 0 Å². The molecule has 2 aliphatic heterocycles. The summed E-state index contributed by atoms with van der Waals surface area (Å²) in [6.45, 7) is 8.44. The van der Waals surface area contributed by atoms with E-state index in [1.54, 1.807) is 12.1 Å². The predicted molar refractivity (Wildman–Crippen MR) is 130 cm³/mol. The van der Waals surface area contributed by atoms with Gasteiger partial charge in [-0.1, -0.05) is 33.1 Å². The van der Waals surface area contributed by atoms with Crippen LogP contribution in [0.3, 0.4) is 0 Å². The lowest BCUT2D eigenvalue weighted by Crippen LogP contribution is -2.35. The summed E-state index contributed by atoms with van der Waals surface area (Å²) in [6, 6.07) is 4.39. The summed E-state index contributed by atoms with van der Waals surface area (Å²) in [5, 5.41) is 8.07. The van der Waals surface area contributed by atoms with Crippen LogP contribution in [0.25, 0.3) is 0 Å². The van der Waals surface area contributed by atoms with E-state index in [9.17, 15) is 14.4 Å². The molecule has 5 N–H and O–H groups in total. The first kappa shape index (κ1) is 27.7. The molecular formula is C22H38N6O3S. The highest BCUT2D eigenvalue weighted by atomic mass is 32.2. The summed E-state index contributed by atoms with van der Waals surface area (Å²) in [5.41, 5.74) is 6.60. The van der Waals surface area contributed by atoms with Crippen molar-refractivity contribution in [2.75, 3.05) is 31.1 Å². The molecule has 1 aromatic heterocycles. The van der Waals surface area contributed by atoms with E-state index in [1.165, 1.54) is 25.5 Å². The Morgan fingerprint density at radius 1 is 1.28 bits per heavy atom. The third-order valence-electron chi connectivity index (χ3n) is 5.00. The van der Waals surface area contributed by atoms with Gasteiger partial charge >= 0.3 is 6.03 Å². The molecular weight excluding hydrogens is 428 g/mol. The van der Waals surface area contributed by atoms with E-state index in [2.05, 4.69) is 34.8 Å². The van der Waals surface area contributed by atoms with Crippen molar-refractivity contribution in [3.8, 4) is 0 Å². The monoisotopic (exact) mass is 466 g/mol. The Bertz CT molecular complexity index is 687. The predicted octanol–water partition coefficient (Wildman–Crippen LogP) is 1.73. The molecule has 0 bridgehead atoms. The zero-order chi connectivity index (χ0) is 23.8. The zero-order valence-electron chi connectivity index (χ0n) is 19.4. The Balaban J connectivity index is 0.000000275. The number of nitrogens with two attached hydrogens (primary N) is 1. The Morgan fingerprint density at radius 2 is 2.03 bits per heavy atom. The van der Waals surface area contributed by atoms with Crippen LogP contribution in [0, 0.1) is 0 Å². The Kier molecular flexibility index (Phi) is 14.1. The van der Waals surface area contributed by atoms with Crippen molar-refractivity contribution in [2.45, 2.75) is 58.7 Å². The first-order valence-corrected chi connectivity index (χ1v) is 12.4. The minimum absolute atomic E-state index is 0.128. The molecule has 3 rings (SSSR count). The highest BCUT2D eigenvalue weighted by molar-refractivity contribution is 7.99. The first-order valence-electron chi connectivity index (χ1n) is 11.3. The van der Waals surface area contributed by atoms with Crippen molar-refractivity contribution in [1.82, 2.24) is 25.8 Å². The molecule has 0 aromatic carbocycles. The summed E-state index contributed by atoms with van der Waals surface area (Å²) >= 11 is 1.93. The van der Waals surface area contributed by atoms with Gasteiger partial charge in [-0.3, -0.25) is 14.6 Å². The molecule has 9 nitrogen and oxygen atoms in total. The maximum Gasteiger partial charge on any atom is 0.318 e. The van der Waals surface area contributed by atoms with Crippen molar-refractivity contribution < 1.29 is 14.4 Å². The summed E-state index contributed by atoms with van der Waals surface area (Å²) < 4.78 is 0. The van der Waals surface area contributed by atoms with Crippen LogP contribution in [0.5, 0.6) is 0 Å². The molecule has 2 unspecified atom stereocenters. The number of nitrogens with one attached hydrogen (secondary N) is 3. The Hall–Kier alpha value is -2.33. The Labute approximate surface area is 195 Å². The number of hydrogen-bond donors (Lipinski definition) is 4. The number of carbonyl (C=O) groups excluding carboxylic acids is 3. The third kappa shape index (κ3) is 9.44. The van der Waals surface area contributed by atoms with Crippen LogP contribution in [0.2, 0.25) is 0 Å². The first-order chi connectivity index (χ1) is 15.5. The van der Waals surface area contributed by atoms with Gasteiger partial charge in [0.2, 0.25) is 6.41 Å². The van der Waals surface area contributed by atoms with Gasteiger partial charge in [0.25, 0.3) is 5.91 Å². The second-order valence-electron chi connectivity index (χ2n) is 7.37. The van der Waals surface area contributed by atoms with Gasteiger partial charge in [-0.05, 0) is 19.1 Å². The SMILES string of the molecule is CCCCC.CCN1C(=O)NC2CSCC21.NCc1ccc(C(=O)NCCNC=O)cn1. The van der Waals surface area contributed by atoms with E-state index >= 15 is 0 Å². The molecule has 3 heterocycles. The third-order valence-corrected chi connectivity index (χ3v) is 6.17. The minimum Gasteiger partial charge on any atom is -0.357 e. The summed E-state index contributed by atoms with van der Waals surface area (Å²) in [6.07, 6.45) is 6.14. The number of carbonyl (C=O) groups is 3. The average molecular weight is 467 g/mol. The van der Waals surface area contributed by atoms with Crippen molar-refractivity contribution >= 4 is 30.1 Å². The summed E-state index contributed by atoms with van der Waals surface area (Å²) in [5.74, 6) is 1.98. The van der Waals surface area contributed by atoms with Crippen molar-refractivity contribution in [3.63, 3.8) is 0 Å². The van der Waals surface area contributed by atoms with Crippen LogP contribution >= 0.6 is 11.8 Å². The zero-order valence-corrected chi connectivity index (χ0v) is 20.2. The fourth-order valence-electron chi connectivity index (χ4n) is 3.20. The molecule has 2 saturated heterocycles. The number of amides is 4. The highest BCUT2D eigenvalue weighted by Crippen LogP contribution is 2.27. The molecule has 0 spiro atoms. The van der Waals surface area contributed by atoms with E-state index in [-0.39, 0.29) is 11.9 Å². The molecule has 10 heteroatoms. The second kappa shape index (κ2) is 16.3. The molecule has 0 radical (unpaired) electrons. The van der Waals surface area contributed by atoms with Gasteiger partial charge in [0.1, 0.15) is 0 Å². The maximum absolute atomic E-state index is 11.5. The average Bonchev–Trinajstić information content (AvgIpc) is 3.38. The molecule has 1 aromatic rings. The number of urea groups is 1. The van der Waals surface area contributed by atoms with Crippen LogP contribution in [0.15, 0.2) is 18.3 Å². The quantitative estimate of drug-likeness (QED) is 0.249. The second-order valence-corrected chi connectivity index (χ2v) is 8.45. The van der Waals surface area contributed by atoms with Crippen LogP contribution in [0.4, 0.5) is 4.79 Å². The number of pyridine rings is 1. The molecule has 0 saturated carbocycles. The largest absolute Gasteiger partial charge is 0.357 e. The Morgan fingerprint density at radius 3 is 2.56 bits per heavy atom. The fourth-order valence-corrected chi connectivity index (χ4v) is 4.55. The normalized spacial score (nSPS) is 18.4. The number of unbranched alkanes of at least 4 members (excludes halogenated alkanes) is 2. The van der Waals surface area contributed by atoms with E-state index < -0.39 is 0 Å². The van der Waals surface area contributed by atoms with Crippen molar-refractivity contribution in [1.29, 1.82) is 0 Å². The number of thioether (sulfide) groups is 1. The van der Waals surface area contributed by atoms with Gasteiger partial charge < -0.3 is 26.6 Å². The van der Waals surface area contributed by atoms with Gasteiger partial charge in [0.15, 0.2) is 0 Å². The van der Waals surface area contributed by atoms with Crippen molar-refractivity contribution in [2.24, 2.45) is 5.73 Å². The van der Waals surface area contributed by atoms with Crippen LogP contribution < -0.4 is 21.7 Å². The van der Waals surface area contributed by atoms with Gasteiger partial charge in [-0.2, -0.15) is 11.8 Å². The van der Waals surface area contributed by atoms with Crippen LogP contribution in [-0.4, -0.2) is 71.5 Å². The van der Waals surface area contributed by atoms with E-state index in [1.807, 2.05) is 23.6 Å². The smallest absolute Gasteiger partial charge is 0.318 e. The van der Waals surface area contributed by atoms with Gasteiger partial charge in [-0.25, -0.2) is 4.79 Å². The van der Waals surface area contributed by atoms with E-state index in [4.69, 9.17) is 5.73 Å². The highest BCUT2D eigenvalue weighted by Gasteiger charge is 2.41. The molecule has 2 atom stereocenters. The lowest BCUT2D eigenvalue weighted by Gasteiger charge is -2.18. The lowest BCUT2D eigenvalue weighted by molar-refractivity contribution is -0.109. The molecule has 32 heavy (non-hydrogen) atoms. The molecule has 2 aliphatic rings. The fraction of sp³-hybridized carbons (Fsp3) is 0.636. The number of hydrogen-bond acceptors (Lipinski definition) is 6. The number of aromatic nitrogens is 1. The molecule has 0 aliphatic carbocycles. The van der Waals surface area contributed by atoms with Crippen LogP contribution in [0.1, 0.15) is 56.1 Å².